The first-order valence-corrected chi connectivity index (χ1v) is 7.13. The largest absolute Gasteiger partial charge is 0.496 e. The number of methoxy groups -OCH3 is 1. The monoisotopic (exact) mass is 289 g/mol. The molecule has 1 unspecified atom stereocenters. The normalized spacial score (nSPS) is 13.8. The summed E-state index contributed by atoms with van der Waals surface area (Å²) in [6.45, 7) is 2.10. The highest BCUT2D eigenvalue weighted by Gasteiger charge is 2.26. The Labute approximate surface area is 125 Å². The van der Waals surface area contributed by atoms with Crippen molar-refractivity contribution in [1.29, 1.82) is 0 Å². The van der Waals surface area contributed by atoms with E-state index in [9.17, 15) is 0 Å². The van der Waals surface area contributed by atoms with Crippen molar-refractivity contribution >= 4 is 11.6 Å². The molecule has 0 bridgehead atoms. The first-order valence-electron chi connectivity index (χ1n) is 6.76. The maximum Gasteiger partial charge on any atom is 0.122 e. The van der Waals surface area contributed by atoms with Gasteiger partial charge in [-0.15, -0.1) is 0 Å². The van der Waals surface area contributed by atoms with Crippen LogP contribution in [0.15, 0.2) is 48.5 Å². The Morgan fingerprint density at radius 2 is 1.85 bits per heavy atom. The van der Waals surface area contributed by atoms with E-state index in [1.54, 1.807) is 7.11 Å². The molecular formula is C17H20ClNO. The van der Waals surface area contributed by atoms with Crippen LogP contribution in [0.2, 0.25) is 5.02 Å². The van der Waals surface area contributed by atoms with E-state index < -0.39 is 5.54 Å². The van der Waals surface area contributed by atoms with Crippen LogP contribution in [0.3, 0.4) is 0 Å². The molecule has 0 saturated carbocycles. The number of hydrogen-bond acceptors (Lipinski definition) is 2. The molecule has 106 valence electrons. The van der Waals surface area contributed by atoms with Gasteiger partial charge in [-0.25, -0.2) is 0 Å². The van der Waals surface area contributed by atoms with E-state index >= 15 is 0 Å². The van der Waals surface area contributed by atoms with Crippen molar-refractivity contribution in [2.75, 3.05) is 7.11 Å². The molecule has 0 amide bonds. The lowest BCUT2D eigenvalue weighted by Gasteiger charge is -2.29. The average Bonchev–Trinajstić information content (AvgIpc) is 2.48. The van der Waals surface area contributed by atoms with Gasteiger partial charge in [0.2, 0.25) is 0 Å². The van der Waals surface area contributed by atoms with E-state index in [0.29, 0.717) is 11.4 Å². The average molecular weight is 290 g/mol. The van der Waals surface area contributed by atoms with Crippen molar-refractivity contribution in [3.8, 4) is 5.75 Å². The van der Waals surface area contributed by atoms with Gasteiger partial charge in [0, 0.05) is 10.6 Å². The summed E-state index contributed by atoms with van der Waals surface area (Å²) in [6, 6.07) is 15.8. The van der Waals surface area contributed by atoms with Gasteiger partial charge in [0.25, 0.3) is 0 Å². The molecule has 0 spiro atoms. The number of ether oxygens (including phenoxy) is 1. The molecule has 0 fully saturated rings. The SMILES string of the molecule is CCC(N)(Cc1cc(Cl)ccc1OC)c1ccccc1. The number of benzene rings is 2. The zero-order valence-electron chi connectivity index (χ0n) is 11.9. The number of nitrogens with two attached hydrogens (primary N) is 1. The first-order chi connectivity index (χ1) is 9.59. The Morgan fingerprint density at radius 3 is 2.45 bits per heavy atom. The van der Waals surface area contributed by atoms with Crippen LogP contribution in [0, 0.1) is 0 Å². The van der Waals surface area contributed by atoms with Gasteiger partial charge in [-0.05, 0) is 42.2 Å². The quantitative estimate of drug-likeness (QED) is 0.897. The summed E-state index contributed by atoms with van der Waals surface area (Å²) < 4.78 is 5.41. The summed E-state index contributed by atoms with van der Waals surface area (Å²) in [5, 5.41) is 0.701. The number of halogens is 1. The molecule has 0 saturated heterocycles. The molecule has 1 atom stereocenters. The second-order valence-electron chi connectivity index (χ2n) is 5.01. The maximum absolute atomic E-state index is 6.63. The van der Waals surface area contributed by atoms with Gasteiger partial charge in [0.05, 0.1) is 7.11 Å². The van der Waals surface area contributed by atoms with Crippen LogP contribution >= 0.6 is 11.6 Å². The highest BCUT2D eigenvalue weighted by Crippen LogP contribution is 2.32. The Hall–Kier alpha value is -1.51. The van der Waals surface area contributed by atoms with Crippen molar-refractivity contribution < 1.29 is 4.74 Å². The zero-order chi connectivity index (χ0) is 14.6. The molecule has 0 aliphatic heterocycles. The van der Waals surface area contributed by atoms with Crippen molar-refractivity contribution in [3.63, 3.8) is 0 Å². The lowest BCUT2D eigenvalue weighted by molar-refractivity contribution is 0.386. The first kappa shape index (κ1) is 14.9. The van der Waals surface area contributed by atoms with Crippen molar-refractivity contribution in [2.45, 2.75) is 25.3 Å². The molecular weight excluding hydrogens is 270 g/mol. The van der Waals surface area contributed by atoms with E-state index in [-0.39, 0.29) is 0 Å². The molecule has 0 heterocycles. The van der Waals surface area contributed by atoms with E-state index in [0.717, 1.165) is 23.3 Å². The van der Waals surface area contributed by atoms with Crippen LogP contribution < -0.4 is 10.5 Å². The highest BCUT2D eigenvalue weighted by molar-refractivity contribution is 6.30. The smallest absolute Gasteiger partial charge is 0.122 e. The van der Waals surface area contributed by atoms with Crippen LogP contribution in [-0.4, -0.2) is 7.11 Å². The fraction of sp³-hybridized carbons (Fsp3) is 0.294. The minimum absolute atomic E-state index is 0.417. The van der Waals surface area contributed by atoms with Crippen molar-refractivity contribution in [3.05, 3.63) is 64.7 Å². The Bertz CT molecular complexity index is 570. The minimum Gasteiger partial charge on any atom is -0.496 e. The Morgan fingerprint density at radius 1 is 1.15 bits per heavy atom. The third-order valence-corrected chi connectivity index (χ3v) is 3.96. The van der Waals surface area contributed by atoms with Crippen LogP contribution in [0.4, 0.5) is 0 Å². The topological polar surface area (TPSA) is 35.2 Å². The third-order valence-electron chi connectivity index (χ3n) is 3.73. The van der Waals surface area contributed by atoms with Gasteiger partial charge >= 0.3 is 0 Å². The molecule has 3 heteroatoms. The summed E-state index contributed by atoms with van der Waals surface area (Å²) in [4.78, 5) is 0. The third kappa shape index (κ3) is 3.14. The molecule has 2 N–H and O–H groups in total. The lowest BCUT2D eigenvalue weighted by atomic mass is 9.82. The molecule has 2 nitrogen and oxygen atoms in total. The van der Waals surface area contributed by atoms with E-state index in [2.05, 4.69) is 19.1 Å². The van der Waals surface area contributed by atoms with Crippen LogP contribution in [0.25, 0.3) is 0 Å². The Balaban J connectivity index is 2.38. The standard InChI is InChI=1S/C17H20ClNO/c1-3-17(19,14-7-5-4-6-8-14)12-13-11-15(18)9-10-16(13)20-2/h4-11H,3,12,19H2,1-2H3. The van der Waals surface area contributed by atoms with E-state index in [1.807, 2.05) is 36.4 Å². The van der Waals surface area contributed by atoms with Crippen LogP contribution in [-0.2, 0) is 12.0 Å². The predicted molar refractivity (Wildman–Crippen MR) is 84.3 cm³/mol. The van der Waals surface area contributed by atoms with E-state index in [1.165, 1.54) is 0 Å². The second-order valence-corrected chi connectivity index (χ2v) is 5.45. The number of hydrogen-bond donors (Lipinski definition) is 1. The van der Waals surface area contributed by atoms with Gasteiger partial charge in [-0.3, -0.25) is 0 Å². The van der Waals surface area contributed by atoms with Crippen LogP contribution in [0.5, 0.6) is 5.75 Å². The molecule has 20 heavy (non-hydrogen) atoms. The van der Waals surface area contributed by atoms with Gasteiger partial charge in [0.1, 0.15) is 5.75 Å². The van der Waals surface area contributed by atoms with Gasteiger partial charge in [-0.1, -0.05) is 48.9 Å². The summed E-state index contributed by atoms with van der Waals surface area (Å²) in [7, 11) is 1.67. The number of rotatable bonds is 5. The summed E-state index contributed by atoms with van der Waals surface area (Å²) >= 11 is 6.10. The van der Waals surface area contributed by atoms with Crippen LogP contribution in [0.1, 0.15) is 24.5 Å². The maximum atomic E-state index is 6.63. The molecule has 0 aromatic heterocycles. The molecule has 0 aliphatic rings. The van der Waals surface area contributed by atoms with Crippen molar-refractivity contribution in [2.24, 2.45) is 5.73 Å². The van der Waals surface area contributed by atoms with Crippen molar-refractivity contribution in [1.82, 2.24) is 0 Å². The Kier molecular flexibility index (Phi) is 4.69. The molecule has 2 aromatic rings. The molecule has 0 radical (unpaired) electrons. The van der Waals surface area contributed by atoms with Gasteiger partial charge in [0.15, 0.2) is 0 Å². The fourth-order valence-corrected chi connectivity index (χ4v) is 2.62. The van der Waals surface area contributed by atoms with E-state index in [4.69, 9.17) is 22.1 Å². The lowest BCUT2D eigenvalue weighted by Crippen LogP contribution is -2.38. The summed E-state index contributed by atoms with van der Waals surface area (Å²) in [5.41, 5.74) is 8.37. The predicted octanol–water partition coefficient (Wildman–Crippen LogP) is 4.16. The van der Waals surface area contributed by atoms with Gasteiger partial charge in [-0.2, -0.15) is 0 Å². The molecule has 2 rings (SSSR count). The zero-order valence-corrected chi connectivity index (χ0v) is 12.7. The fourth-order valence-electron chi connectivity index (χ4n) is 2.43. The molecule has 0 aliphatic carbocycles. The minimum atomic E-state index is -0.417. The molecule has 2 aromatic carbocycles. The highest BCUT2D eigenvalue weighted by atomic mass is 35.5. The second kappa shape index (κ2) is 6.29. The summed E-state index contributed by atoms with van der Waals surface area (Å²) in [5.74, 6) is 0.827. The summed E-state index contributed by atoms with van der Waals surface area (Å²) in [6.07, 6.45) is 1.53. The van der Waals surface area contributed by atoms with Gasteiger partial charge < -0.3 is 10.5 Å².